The number of benzene rings is 2. The zero-order valence-electron chi connectivity index (χ0n) is 13.6. The molecule has 2 atom stereocenters. The van der Waals surface area contributed by atoms with Crippen molar-refractivity contribution < 1.29 is 4.79 Å². The summed E-state index contributed by atoms with van der Waals surface area (Å²) in [6.45, 7) is 0. The number of hydrogen-bond acceptors (Lipinski definition) is 1. The Hall–Kier alpha value is -1.89. The van der Waals surface area contributed by atoms with Crippen molar-refractivity contribution in [1.82, 2.24) is 0 Å². The summed E-state index contributed by atoms with van der Waals surface area (Å²) in [5, 5.41) is 0. The fraction of sp³-hybridized carbons (Fsp3) is 0.409. The third kappa shape index (κ3) is 2.63. The van der Waals surface area contributed by atoms with Gasteiger partial charge in [-0.15, -0.1) is 0 Å². The van der Waals surface area contributed by atoms with Crippen LogP contribution in [0.2, 0.25) is 0 Å². The van der Waals surface area contributed by atoms with Gasteiger partial charge in [-0.25, -0.2) is 0 Å². The first-order valence-corrected chi connectivity index (χ1v) is 8.92. The van der Waals surface area contributed by atoms with Crippen LogP contribution in [0.1, 0.15) is 48.8 Å². The van der Waals surface area contributed by atoms with Crippen molar-refractivity contribution in [3.05, 3.63) is 71.3 Å². The summed E-state index contributed by atoms with van der Waals surface area (Å²) in [5.41, 5.74) is 4.60. The Labute approximate surface area is 138 Å². The van der Waals surface area contributed by atoms with Crippen molar-refractivity contribution >= 4 is 5.78 Å². The van der Waals surface area contributed by atoms with Crippen LogP contribution in [0.25, 0.3) is 0 Å². The van der Waals surface area contributed by atoms with Gasteiger partial charge >= 0.3 is 0 Å². The van der Waals surface area contributed by atoms with E-state index >= 15 is 0 Å². The van der Waals surface area contributed by atoms with E-state index in [0.717, 1.165) is 32.1 Å². The number of aryl methyl sites for hydroxylation is 1. The molecule has 4 rings (SSSR count). The monoisotopic (exact) mass is 304 g/mol. The lowest BCUT2D eigenvalue weighted by atomic mass is 9.59. The van der Waals surface area contributed by atoms with Crippen molar-refractivity contribution in [1.29, 1.82) is 0 Å². The van der Waals surface area contributed by atoms with Gasteiger partial charge in [-0.1, -0.05) is 54.6 Å². The molecule has 1 fully saturated rings. The number of ketones is 1. The van der Waals surface area contributed by atoms with Gasteiger partial charge in [-0.3, -0.25) is 4.79 Å². The van der Waals surface area contributed by atoms with Crippen LogP contribution >= 0.6 is 0 Å². The predicted octanol–water partition coefficient (Wildman–Crippen LogP) is 4.87. The summed E-state index contributed by atoms with van der Waals surface area (Å²) in [4.78, 5) is 12.1. The predicted molar refractivity (Wildman–Crippen MR) is 93.6 cm³/mol. The van der Waals surface area contributed by atoms with E-state index in [1.54, 1.807) is 0 Å². The fourth-order valence-electron chi connectivity index (χ4n) is 4.92. The quantitative estimate of drug-likeness (QED) is 0.773. The zero-order chi connectivity index (χ0) is 15.7. The van der Waals surface area contributed by atoms with Crippen LogP contribution in [0, 0.1) is 5.92 Å². The van der Waals surface area contributed by atoms with E-state index < -0.39 is 0 Å². The SMILES string of the molecule is O=C1CC[C@]2(Cc3ccccc3)c3ccccc3CCC[C@@H]2C1. The molecule has 0 aliphatic heterocycles. The first-order chi connectivity index (χ1) is 11.3. The van der Waals surface area contributed by atoms with Crippen LogP contribution in [0.3, 0.4) is 0 Å². The maximum absolute atomic E-state index is 12.1. The lowest BCUT2D eigenvalue weighted by Gasteiger charge is -2.44. The van der Waals surface area contributed by atoms with Gasteiger partial charge in [-0.05, 0) is 54.7 Å². The second-order valence-corrected chi connectivity index (χ2v) is 7.31. The minimum atomic E-state index is 0.155. The molecule has 0 spiro atoms. The fourth-order valence-corrected chi connectivity index (χ4v) is 4.92. The highest BCUT2D eigenvalue weighted by Gasteiger charge is 2.46. The van der Waals surface area contributed by atoms with Crippen molar-refractivity contribution in [2.24, 2.45) is 5.92 Å². The minimum absolute atomic E-state index is 0.155. The maximum Gasteiger partial charge on any atom is 0.133 e. The molecule has 1 heteroatoms. The first-order valence-electron chi connectivity index (χ1n) is 8.92. The Kier molecular flexibility index (Phi) is 3.80. The first kappa shape index (κ1) is 14.7. The number of carbonyl (C=O) groups excluding carboxylic acids is 1. The Morgan fingerprint density at radius 3 is 2.61 bits per heavy atom. The highest BCUT2D eigenvalue weighted by molar-refractivity contribution is 5.80. The van der Waals surface area contributed by atoms with Crippen molar-refractivity contribution in [2.45, 2.75) is 50.4 Å². The van der Waals surface area contributed by atoms with E-state index in [1.807, 2.05) is 0 Å². The van der Waals surface area contributed by atoms with Crippen LogP contribution < -0.4 is 0 Å². The summed E-state index contributed by atoms with van der Waals surface area (Å²) in [6.07, 6.45) is 7.18. The van der Waals surface area contributed by atoms with E-state index in [0.29, 0.717) is 11.7 Å². The van der Waals surface area contributed by atoms with Crippen LogP contribution in [-0.2, 0) is 23.1 Å². The minimum Gasteiger partial charge on any atom is -0.300 e. The van der Waals surface area contributed by atoms with Crippen LogP contribution in [-0.4, -0.2) is 5.78 Å². The van der Waals surface area contributed by atoms with Crippen LogP contribution in [0.5, 0.6) is 0 Å². The molecule has 23 heavy (non-hydrogen) atoms. The van der Waals surface area contributed by atoms with E-state index in [4.69, 9.17) is 0 Å². The Balaban J connectivity index is 1.83. The summed E-state index contributed by atoms with van der Waals surface area (Å²) in [6, 6.07) is 19.9. The molecule has 0 saturated heterocycles. The molecule has 1 saturated carbocycles. The summed E-state index contributed by atoms with van der Waals surface area (Å²) in [5.74, 6) is 0.977. The molecular weight excluding hydrogens is 280 g/mol. The van der Waals surface area contributed by atoms with Gasteiger partial charge in [-0.2, -0.15) is 0 Å². The molecule has 2 aliphatic carbocycles. The molecular formula is C22H24O. The molecule has 0 aromatic heterocycles. The normalized spacial score (nSPS) is 27.0. The Bertz CT molecular complexity index is 703. The molecule has 2 aliphatic rings. The van der Waals surface area contributed by atoms with Gasteiger partial charge in [0.1, 0.15) is 5.78 Å². The summed E-state index contributed by atoms with van der Waals surface area (Å²) >= 11 is 0. The molecule has 2 aromatic carbocycles. The van der Waals surface area contributed by atoms with Crippen LogP contribution in [0.15, 0.2) is 54.6 Å². The topological polar surface area (TPSA) is 17.1 Å². The number of Topliss-reactive ketones (excluding diaryl/α,β-unsaturated/α-hetero) is 1. The Morgan fingerprint density at radius 2 is 1.74 bits per heavy atom. The lowest BCUT2D eigenvalue weighted by Crippen LogP contribution is -2.42. The molecule has 118 valence electrons. The van der Waals surface area contributed by atoms with E-state index in [1.165, 1.54) is 29.5 Å². The largest absolute Gasteiger partial charge is 0.300 e. The van der Waals surface area contributed by atoms with E-state index in [-0.39, 0.29) is 5.41 Å². The average molecular weight is 304 g/mol. The highest BCUT2D eigenvalue weighted by Crippen LogP contribution is 2.50. The van der Waals surface area contributed by atoms with E-state index in [2.05, 4.69) is 54.6 Å². The third-order valence-electron chi connectivity index (χ3n) is 6.02. The molecule has 0 unspecified atom stereocenters. The van der Waals surface area contributed by atoms with Crippen molar-refractivity contribution in [2.75, 3.05) is 0 Å². The number of carbonyl (C=O) groups is 1. The third-order valence-corrected chi connectivity index (χ3v) is 6.02. The van der Waals surface area contributed by atoms with Gasteiger partial charge in [0.15, 0.2) is 0 Å². The molecule has 0 radical (unpaired) electrons. The van der Waals surface area contributed by atoms with E-state index in [9.17, 15) is 4.79 Å². The van der Waals surface area contributed by atoms with Crippen LogP contribution in [0.4, 0.5) is 0 Å². The van der Waals surface area contributed by atoms with Crippen molar-refractivity contribution in [3.63, 3.8) is 0 Å². The zero-order valence-corrected chi connectivity index (χ0v) is 13.6. The number of fused-ring (bicyclic) bond motifs is 3. The molecule has 0 bridgehead atoms. The summed E-state index contributed by atoms with van der Waals surface area (Å²) < 4.78 is 0. The second-order valence-electron chi connectivity index (χ2n) is 7.31. The molecule has 0 N–H and O–H groups in total. The maximum atomic E-state index is 12.1. The van der Waals surface area contributed by atoms with Crippen molar-refractivity contribution in [3.8, 4) is 0 Å². The summed E-state index contributed by atoms with van der Waals surface area (Å²) in [7, 11) is 0. The van der Waals surface area contributed by atoms with Gasteiger partial charge < -0.3 is 0 Å². The van der Waals surface area contributed by atoms with Gasteiger partial charge in [0.2, 0.25) is 0 Å². The molecule has 2 aromatic rings. The number of hydrogen-bond donors (Lipinski definition) is 0. The molecule has 1 nitrogen and oxygen atoms in total. The highest BCUT2D eigenvalue weighted by atomic mass is 16.1. The van der Waals surface area contributed by atoms with Gasteiger partial charge in [0.05, 0.1) is 0 Å². The molecule has 0 amide bonds. The van der Waals surface area contributed by atoms with Gasteiger partial charge in [0, 0.05) is 18.3 Å². The number of rotatable bonds is 2. The Morgan fingerprint density at radius 1 is 0.957 bits per heavy atom. The van der Waals surface area contributed by atoms with Gasteiger partial charge in [0.25, 0.3) is 0 Å². The smallest absolute Gasteiger partial charge is 0.133 e. The molecule has 0 heterocycles. The lowest BCUT2D eigenvalue weighted by molar-refractivity contribution is -0.123. The second kappa shape index (κ2) is 5.96. The average Bonchev–Trinajstić information content (AvgIpc) is 2.73. The standard InChI is InChI=1S/C22H24O/c23-20-13-14-22(16-17-7-2-1-3-8-17)19(15-20)11-6-10-18-9-4-5-12-21(18)22/h1-5,7-9,12,19H,6,10-11,13-16H2/t19-,22-/m1/s1.